The van der Waals surface area contributed by atoms with E-state index in [2.05, 4.69) is 22.6 Å². The molecular weight excluding hydrogens is 410 g/mol. The number of rotatable bonds is 7. The zero-order valence-electron chi connectivity index (χ0n) is 19.3. The van der Waals surface area contributed by atoms with Crippen LogP contribution < -0.4 is 5.32 Å². The molecule has 1 fully saturated rings. The van der Waals surface area contributed by atoms with Gasteiger partial charge in [0.2, 0.25) is 5.91 Å². The molecule has 1 heterocycles. The van der Waals surface area contributed by atoms with E-state index in [9.17, 15) is 14.7 Å². The molecule has 0 unspecified atom stereocenters. The molecule has 32 heavy (non-hydrogen) atoms. The highest BCUT2D eigenvalue weighted by Gasteiger charge is 2.40. The third-order valence-electron chi connectivity index (χ3n) is 6.64. The average molecular weight is 444 g/mol. The number of methoxy groups -OCH3 is 1. The quantitative estimate of drug-likeness (QED) is 0.638. The van der Waals surface area contributed by atoms with Gasteiger partial charge in [0, 0.05) is 33.0 Å². The number of aryl methyl sites for hydroxylation is 1. The molecule has 3 rings (SSSR count). The van der Waals surface area contributed by atoms with Crippen molar-refractivity contribution in [3.05, 3.63) is 52.9 Å². The fourth-order valence-electron chi connectivity index (χ4n) is 4.65. The topological polar surface area (TPSA) is 105 Å². The van der Waals surface area contributed by atoms with Gasteiger partial charge in [-0.1, -0.05) is 35.5 Å². The summed E-state index contributed by atoms with van der Waals surface area (Å²) in [7, 11) is 3.25. The number of aromatic nitrogens is 1. The lowest BCUT2D eigenvalue weighted by Gasteiger charge is -2.34. The lowest BCUT2D eigenvalue weighted by molar-refractivity contribution is -0.119. The molecular formula is C24H33N3O5. The number of carbonyl (C=O) groups excluding carboxylic acids is 2. The molecule has 2 amide bonds. The summed E-state index contributed by atoms with van der Waals surface area (Å²) >= 11 is 0. The van der Waals surface area contributed by atoms with E-state index in [1.54, 1.807) is 26.0 Å². The van der Waals surface area contributed by atoms with Crippen molar-refractivity contribution >= 4 is 11.8 Å². The lowest BCUT2D eigenvalue weighted by atomic mass is 9.74. The van der Waals surface area contributed by atoms with Gasteiger partial charge in [0.25, 0.3) is 5.91 Å². The summed E-state index contributed by atoms with van der Waals surface area (Å²) in [5, 5.41) is 17.9. The van der Waals surface area contributed by atoms with Crippen LogP contribution in [0.2, 0.25) is 0 Å². The number of hydrogen-bond donors (Lipinski definition) is 2. The van der Waals surface area contributed by atoms with E-state index in [1.165, 1.54) is 6.92 Å². The van der Waals surface area contributed by atoms with Gasteiger partial charge in [-0.15, -0.1) is 0 Å². The smallest absolute Gasteiger partial charge is 0.276 e. The Hall–Kier alpha value is -2.71. The summed E-state index contributed by atoms with van der Waals surface area (Å²) in [6.07, 6.45) is 1.84. The Morgan fingerprint density at radius 1 is 1.28 bits per heavy atom. The Balaban J connectivity index is 1.84. The molecule has 0 bridgehead atoms. The Bertz CT molecular complexity index is 929. The largest absolute Gasteiger partial charge is 0.391 e. The first kappa shape index (κ1) is 23.9. The van der Waals surface area contributed by atoms with Gasteiger partial charge >= 0.3 is 0 Å². The van der Waals surface area contributed by atoms with Crippen molar-refractivity contribution in [1.82, 2.24) is 15.4 Å². The predicted molar refractivity (Wildman–Crippen MR) is 119 cm³/mol. The van der Waals surface area contributed by atoms with Crippen LogP contribution in [-0.2, 0) is 21.6 Å². The fraction of sp³-hybridized carbons (Fsp3) is 0.542. The molecule has 8 heteroatoms. The molecule has 2 aromatic rings. The number of nitrogens with one attached hydrogen (secondary N) is 1. The van der Waals surface area contributed by atoms with Crippen LogP contribution in [0.25, 0.3) is 0 Å². The third kappa shape index (κ3) is 5.02. The third-order valence-corrected chi connectivity index (χ3v) is 6.64. The van der Waals surface area contributed by atoms with Crippen LogP contribution in [0.15, 0.2) is 34.9 Å². The minimum Gasteiger partial charge on any atom is -0.391 e. The van der Waals surface area contributed by atoms with E-state index in [4.69, 9.17) is 9.26 Å². The normalized spacial score (nSPS) is 23.4. The summed E-state index contributed by atoms with van der Waals surface area (Å²) in [5.41, 5.74) is 1.66. The van der Waals surface area contributed by atoms with Crippen LogP contribution in [0, 0.1) is 6.92 Å². The minimum absolute atomic E-state index is 0.0824. The number of amides is 2. The molecule has 1 saturated carbocycles. The highest BCUT2D eigenvalue weighted by atomic mass is 16.5. The van der Waals surface area contributed by atoms with E-state index in [1.807, 2.05) is 18.2 Å². The summed E-state index contributed by atoms with van der Waals surface area (Å²) in [5.74, 6) is 0.163. The van der Waals surface area contributed by atoms with Crippen LogP contribution in [0.3, 0.4) is 0 Å². The zero-order valence-corrected chi connectivity index (χ0v) is 19.3. The van der Waals surface area contributed by atoms with Gasteiger partial charge in [0.1, 0.15) is 5.76 Å². The maximum Gasteiger partial charge on any atom is 0.276 e. The number of benzene rings is 1. The Morgan fingerprint density at radius 2 is 1.97 bits per heavy atom. The highest BCUT2D eigenvalue weighted by molar-refractivity contribution is 5.93. The molecule has 1 aromatic heterocycles. The number of carbonyl (C=O) groups is 2. The van der Waals surface area contributed by atoms with Gasteiger partial charge in [-0.05, 0) is 38.2 Å². The van der Waals surface area contributed by atoms with E-state index >= 15 is 0 Å². The molecule has 0 spiro atoms. The van der Waals surface area contributed by atoms with Gasteiger partial charge in [-0.3, -0.25) is 9.59 Å². The summed E-state index contributed by atoms with van der Waals surface area (Å²) in [6, 6.07) is 9.70. The van der Waals surface area contributed by atoms with Crippen molar-refractivity contribution in [3.63, 3.8) is 0 Å². The SMILES string of the molecule is COCc1c(C(=O)N(C)[C@@H]2CC[C@@](CNC(C)=O)(c3ccccc3)CC[C@H]2O)noc1C. The van der Waals surface area contributed by atoms with Crippen molar-refractivity contribution in [1.29, 1.82) is 0 Å². The molecule has 2 N–H and O–H groups in total. The standard InChI is InChI=1S/C24H33N3O5/c1-16-19(14-31-4)22(26-32-16)23(30)27(3)20-10-12-24(13-11-21(20)29,15-25-17(2)28)18-8-6-5-7-9-18/h5-9,20-21,29H,10-15H2,1-4H3,(H,25,28)/t20-,21-,24-/m1/s1. The van der Waals surface area contributed by atoms with Gasteiger partial charge in [-0.2, -0.15) is 0 Å². The van der Waals surface area contributed by atoms with Crippen LogP contribution in [-0.4, -0.2) is 59.8 Å². The Labute approximate surface area is 188 Å². The van der Waals surface area contributed by atoms with Crippen LogP contribution in [0.4, 0.5) is 0 Å². The van der Waals surface area contributed by atoms with E-state index < -0.39 is 6.10 Å². The fourth-order valence-corrected chi connectivity index (χ4v) is 4.65. The van der Waals surface area contributed by atoms with Crippen LogP contribution in [0.5, 0.6) is 0 Å². The molecule has 3 atom stereocenters. The first-order valence-electron chi connectivity index (χ1n) is 11.0. The maximum absolute atomic E-state index is 13.2. The second-order valence-corrected chi connectivity index (χ2v) is 8.68. The van der Waals surface area contributed by atoms with Crippen LogP contribution in [0.1, 0.15) is 60.0 Å². The van der Waals surface area contributed by atoms with E-state index in [0.29, 0.717) is 37.1 Å². The van der Waals surface area contributed by atoms with Crippen molar-refractivity contribution < 1.29 is 24.0 Å². The van der Waals surface area contributed by atoms with Crippen LogP contribution >= 0.6 is 0 Å². The number of hydrogen-bond acceptors (Lipinski definition) is 6. The first-order valence-corrected chi connectivity index (χ1v) is 11.0. The molecule has 8 nitrogen and oxygen atoms in total. The minimum atomic E-state index is -0.689. The highest BCUT2D eigenvalue weighted by Crippen LogP contribution is 2.39. The zero-order chi connectivity index (χ0) is 23.3. The second kappa shape index (κ2) is 10.3. The van der Waals surface area contributed by atoms with Gasteiger partial charge in [0.05, 0.1) is 24.3 Å². The monoisotopic (exact) mass is 443 g/mol. The predicted octanol–water partition coefficient (Wildman–Crippen LogP) is 2.58. The van der Waals surface area contributed by atoms with E-state index in [0.717, 1.165) is 12.0 Å². The molecule has 0 aliphatic heterocycles. The van der Waals surface area contributed by atoms with Gasteiger partial charge < -0.3 is 24.6 Å². The first-order chi connectivity index (χ1) is 15.3. The maximum atomic E-state index is 13.2. The average Bonchev–Trinajstić information content (AvgIpc) is 3.05. The lowest BCUT2D eigenvalue weighted by Crippen LogP contribution is -2.44. The Morgan fingerprint density at radius 3 is 2.62 bits per heavy atom. The van der Waals surface area contributed by atoms with Crippen molar-refractivity contribution in [3.8, 4) is 0 Å². The van der Waals surface area contributed by atoms with E-state index in [-0.39, 0.29) is 35.6 Å². The second-order valence-electron chi connectivity index (χ2n) is 8.68. The number of aliphatic hydroxyl groups excluding tert-OH is 1. The summed E-state index contributed by atoms with van der Waals surface area (Å²) in [6.45, 7) is 3.97. The Kier molecular flexibility index (Phi) is 7.69. The number of likely N-dealkylation sites (N-methyl/N-ethyl adjacent to an activating group) is 1. The van der Waals surface area contributed by atoms with Crippen molar-refractivity contribution in [2.24, 2.45) is 0 Å². The van der Waals surface area contributed by atoms with Crippen molar-refractivity contribution in [2.45, 2.75) is 63.7 Å². The molecule has 1 aliphatic rings. The summed E-state index contributed by atoms with van der Waals surface area (Å²) < 4.78 is 10.4. The number of ether oxygens (including phenoxy) is 1. The number of nitrogens with zero attached hydrogens (tertiary/aromatic N) is 2. The molecule has 1 aromatic carbocycles. The molecule has 1 aliphatic carbocycles. The summed E-state index contributed by atoms with van der Waals surface area (Å²) in [4.78, 5) is 26.5. The van der Waals surface area contributed by atoms with Gasteiger partial charge in [-0.25, -0.2) is 0 Å². The van der Waals surface area contributed by atoms with Crippen molar-refractivity contribution in [2.75, 3.05) is 20.7 Å². The molecule has 0 saturated heterocycles. The van der Waals surface area contributed by atoms with Gasteiger partial charge in [0.15, 0.2) is 5.69 Å². The molecule has 174 valence electrons. The molecule has 0 radical (unpaired) electrons. The number of aliphatic hydroxyl groups is 1.